The average molecular weight is 424 g/mol. The lowest BCUT2D eigenvalue weighted by Crippen LogP contribution is -1.91. The van der Waals surface area contributed by atoms with Crippen LogP contribution in [0.5, 0.6) is 11.5 Å². The van der Waals surface area contributed by atoms with Gasteiger partial charge in [-0.25, -0.2) is 8.78 Å². The van der Waals surface area contributed by atoms with Crippen molar-refractivity contribution in [3.8, 4) is 33.8 Å². The minimum Gasteiger partial charge on any atom is -0.501 e. The predicted molar refractivity (Wildman–Crippen MR) is 111 cm³/mol. The molecule has 0 heterocycles. The van der Waals surface area contributed by atoms with E-state index in [1.54, 1.807) is 42.5 Å². The summed E-state index contributed by atoms with van der Waals surface area (Å²) in [5, 5.41) is 0. The molecule has 0 N–H and O–H groups in total. The molecule has 31 heavy (non-hydrogen) atoms. The first-order chi connectivity index (χ1) is 15.1. The number of halogens is 2. The molecular formula is C24H18F2O5. The maximum atomic E-state index is 14.8. The van der Waals surface area contributed by atoms with Crippen molar-refractivity contribution in [3.63, 3.8) is 0 Å². The van der Waals surface area contributed by atoms with Crippen LogP contribution in [-0.2, 0) is 14.3 Å². The van der Waals surface area contributed by atoms with E-state index in [0.29, 0.717) is 16.9 Å². The van der Waals surface area contributed by atoms with Gasteiger partial charge in [-0.2, -0.15) is 0 Å². The smallest absolute Gasteiger partial charge is 0.298 e. The molecule has 0 aliphatic heterocycles. The minimum absolute atomic E-state index is 0.00366. The van der Waals surface area contributed by atoms with Crippen molar-refractivity contribution in [1.82, 2.24) is 0 Å². The lowest BCUT2D eigenvalue weighted by atomic mass is 9.99. The molecule has 3 rings (SSSR count). The Labute approximate surface area is 177 Å². The summed E-state index contributed by atoms with van der Waals surface area (Å²) >= 11 is 0. The number of carbonyl (C=O) groups excluding carboxylic acids is 1. The maximum absolute atomic E-state index is 14.8. The number of hydrogen-bond acceptors (Lipinski definition) is 5. The third-order valence-electron chi connectivity index (χ3n) is 4.18. The Balaban J connectivity index is 1.76. The summed E-state index contributed by atoms with van der Waals surface area (Å²) in [5.41, 5.74) is 2.07. The fraction of sp³-hybridized carbons (Fsp3) is 0.0417. The van der Waals surface area contributed by atoms with Crippen molar-refractivity contribution in [2.24, 2.45) is 0 Å². The molecule has 0 atom stereocenters. The lowest BCUT2D eigenvalue weighted by Gasteiger charge is -2.09. The first-order valence-corrected chi connectivity index (χ1v) is 9.07. The van der Waals surface area contributed by atoms with Gasteiger partial charge in [-0.1, -0.05) is 30.3 Å². The molecule has 0 spiro atoms. The summed E-state index contributed by atoms with van der Waals surface area (Å²) in [5.74, 6) is -0.585. The Morgan fingerprint density at radius 1 is 0.710 bits per heavy atom. The number of carbonyl (C=O) groups is 1. The second-order valence-electron chi connectivity index (χ2n) is 6.11. The molecule has 0 fully saturated rings. The molecule has 7 heteroatoms. The first-order valence-electron chi connectivity index (χ1n) is 9.07. The standard InChI is InChI=1S/C24H18F2O5/c1-28-10-12-31-24-9-5-19(15-23(24)26)21-8-4-18(14-22(21)25)17-2-6-20(7-3-17)30-13-11-29-16-27/h2-16H,1H3/b12-10-,13-11-. The zero-order chi connectivity index (χ0) is 22.1. The number of rotatable bonds is 9. The SMILES string of the molecule is CO/C=C\Oc1ccc(-c2ccc(-c3ccc(O/C=C\OC=O)cc3)cc2F)cc1F. The van der Waals surface area contributed by atoms with E-state index in [4.69, 9.17) is 9.47 Å². The third kappa shape index (κ3) is 5.70. The summed E-state index contributed by atoms with van der Waals surface area (Å²) < 4.78 is 48.4. The summed E-state index contributed by atoms with van der Waals surface area (Å²) in [7, 11) is 1.44. The molecule has 0 bridgehead atoms. The zero-order valence-electron chi connectivity index (χ0n) is 16.5. The molecule has 0 aliphatic rings. The van der Waals surface area contributed by atoms with Gasteiger partial charge in [0.15, 0.2) is 11.6 Å². The summed E-state index contributed by atoms with van der Waals surface area (Å²) in [6.07, 6.45) is 4.80. The summed E-state index contributed by atoms with van der Waals surface area (Å²) in [6.45, 7) is 0.276. The van der Waals surface area contributed by atoms with Crippen LogP contribution in [-0.4, -0.2) is 13.6 Å². The summed E-state index contributed by atoms with van der Waals surface area (Å²) in [6, 6.07) is 15.8. The van der Waals surface area contributed by atoms with Crippen molar-refractivity contribution in [3.05, 3.63) is 97.3 Å². The Kier molecular flexibility index (Phi) is 7.37. The van der Waals surface area contributed by atoms with E-state index in [-0.39, 0.29) is 17.8 Å². The van der Waals surface area contributed by atoms with Gasteiger partial charge in [0.05, 0.1) is 7.11 Å². The predicted octanol–water partition coefficient (Wildman–Crippen LogP) is 5.82. The zero-order valence-corrected chi connectivity index (χ0v) is 16.5. The van der Waals surface area contributed by atoms with Crippen LogP contribution in [0, 0.1) is 11.6 Å². The van der Waals surface area contributed by atoms with Crippen LogP contribution in [0.2, 0.25) is 0 Å². The molecule has 3 aromatic rings. The van der Waals surface area contributed by atoms with Gasteiger partial charge in [-0.3, -0.25) is 4.79 Å². The van der Waals surface area contributed by atoms with Crippen molar-refractivity contribution >= 4 is 6.47 Å². The Morgan fingerprint density at radius 2 is 1.39 bits per heavy atom. The Bertz CT molecular complexity index is 1090. The third-order valence-corrected chi connectivity index (χ3v) is 4.18. The van der Waals surface area contributed by atoms with E-state index in [1.165, 1.54) is 44.1 Å². The molecule has 0 aromatic heterocycles. The van der Waals surface area contributed by atoms with Crippen LogP contribution in [0.4, 0.5) is 8.78 Å². The van der Waals surface area contributed by atoms with Gasteiger partial charge in [-0.15, -0.1) is 0 Å². The van der Waals surface area contributed by atoms with Gasteiger partial charge < -0.3 is 18.9 Å². The van der Waals surface area contributed by atoms with E-state index in [2.05, 4.69) is 9.47 Å². The van der Waals surface area contributed by atoms with Gasteiger partial charge in [-0.05, 0) is 47.0 Å². The Morgan fingerprint density at radius 3 is 2.06 bits per heavy atom. The van der Waals surface area contributed by atoms with Crippen molar-refractivity contribution < 1.29 is 32.5 Å². The molecular weight excluding hydrogens is 406 g/mol. The van der Waals surface area contributed by atoms with Gasteiger partial charge >= 0.3 is 0 Å². The van der Waals surface area contributed by atoms with Crippen LogP contribution in [0.3, 0.4) is 0 Å². The second kappa shape index (κ2) is 10.6. The second-order valence-corrected chi connectivity index (χ2v) is 6.11. The molecule has 5 nitrogen and oxygen atoms in total. The fourth-order valence-electron chi connectivity index (χ4n) is 2.75. The number of hydrogen-bond donors (Lipinski definition) is 0. The molecule has 0 saturated carbocycles. The normalized spacial score (nSPS) is 10.9. The molecule has 0 radical (unpaired) electrons. The molecule has 0 saturated heterocycles. The molecule has 0 unspecified atom stereocenters. The van der Waals surface area contributed by atoms with E-state index in [0.717, 1.165) is 11.8 Å². The first kappa shape index (κ1) is 21.6. The average Bonchev–Trinajstić information content (AvgIpc) is 2.78. The highest BCUT2D eigenvalue weighted by atomic mass is 19.1. The topological polar surface area (TPSA) is 54.0 Å². The van der Waals surface area contributed by atoms with Crippen LogP contribution in [0.15, 0.2) is 85.7 Å². The van der Waals surface area contributed by atoms with Crippen LogP contribution >= 0.6 is 0 Å². The van der Waals surface area contributed by atoms with E-state index >= 15 is 0 Å². The van der Waals surface area contributed by atoms with Crippen LogP contribution in [0.1, 0.15) is 0 Å². The van der Waals surface area contributed by atoms with Gasteiger partial charge in [0, 0.05) is 5.56 Å². The van der Waals surface area contributed by atoms with Gasteiger partial charge in [0.1, 0.15) is 36.6 Å². The van der Waals surface area contributed by atoms with Gasteiger partial charge in [0.25, 0.3) is 6.47 Å². The molecule has 158 valence electrons. The monoisotopic (exact) mass is 424 g/mol. The van der Waals surface area contributed by atoms with Crippen LogP contribution < -0.4 is 9.47 Å². The Hall–Kier alpha value is -4.13. The molecule has 3 aromatic carbocycles. The summed E-state index contributed by atoms with van der Waals surface area (Å²) in [4.78, 5) is 10.0. The van der Waals surface area contributed by atoms with Crippen molar-refractivity contribution in [2.75, 3.05) is 7.11 Å². The molecule has 0 amide bonds. The van der Waals surface area contributed by atoms with Crippen LogP contribution in [0.25, 0.3) is 22.3 Å². The quantitative estimate of drug-likeness (QED) is 0.320. The lowest BCUT2D eigenvalue weighted by molar-refractivity contribution is -0.123. The number of ether oxygens (including phenoxy) is 4. The highest BCUT2D eigenvalue weighted by molar-refractivity contribution is 5.71. The largest absolute Gasteiger partial charge is 0.501 e. The van der Waals surface area contributed by atoms with E-state index in [9.17, 15) is 13.6 Å². The van der Waals surface area contributed by atoms with E-state index in [1.807, 2.05) is 0 Å². The highest BCUT2D eigenvalue weighted by Gasteiger charge is 2.11. The number of methoxy groups -OCH3 is 1. The maximum Gasteiger partial charge on any atom is 0.298 e. The van der Waals surface area contributed by atoms with Crippen molar-refractivity contribution in [2.45, 2.75) is 0 Å². The van der Waals surface area contributed by atoms with E-state index < -0.39 is 11.6 Å². The minimum atomic E-state index is -0.620. The molecule has 0 aliphatic carbocycles. The van der Waals surface area contributed by atoms with Crippen molar-refractivity contribution in [1.29, 1.82) is 0 Å². The number of benzene rings is 3. The highest BCUT2D eigenvalue weighted by Crippen LogP contribution is 2.31. The van der Waals surface area contributed by atoms with Gasteiger partial charge in [0.2, 0.25) is 0 Å². The fourth-order valence-corrected chi connectivity index (χ4v) is 2.75.